The van der Waals surface area contributed by atoms with Crippen molar-refractivity contribution < 1.29 is 18.8 Å². The van der Waals surface area contributed by atoms with Crippen LogP contribution in [0.25, 0.3) is 11.3 Å². The van der Waals surface area contributed by atoms with Gasteiger partial charge in [0.1, 0.15) is 12.3 Å². The van der Waals surface area contributed by atoms with E-state index in [0.717, 1.165) is 10.4 Å². The molecule has 1 atom stereocenters. The minimum Gasteiger partial charge on any atom is -0.459 e. The van der Waals surface area contributed by atoms with Crippen molar-refractivity contribution in [2.75, 3.05) is 0 Å². The lowest BCUT2D eigenvalue weighted by molar-refractivity contribution is -0.145. The molecule has 3 aromatic rings. The van der Waals surface area contributed by atoms with Crippen LogP contribution in [-0.2, 0) is 20.9 Å². The molecule has 0 saturated carbocycles. The summed E-state index contributed by atoms with van der Waals surface area (Å²) in [5, 5.41) is 8.59. The second-order valence-electron chi connectivity index (χ2n) is 5.68. The van der Waals surface area contributed by atoms with E-state index in [2.05, 4.69) is 10.5 Å². The van der Waals surface area contributed by atoms with Crippen molar-refractivity contribution in [2.24, 2.45) is 0 Å². The molecule has 134 valence electrons. The van der Waals surface area contributed by atoms with Crippen LogP contribution < -0.4 is 5.32 Å². The van der Waals surface area contributed by atoms with Crippen molar-refractivity contribution in [3.05, 3.63) is 64.5 Å². The topological polar surface area (TPSA) is 81.4 Å². The Morgan fingerprint density at radius 2 is 2.04 bits per heavy atom. The second-order valence-corrected chi connectivity index (χ2v) is 6.66. The van der Waals surface area contributed by atoms with E-state index < -0.39 is 12.0 Å². The molecule has 0 spiro atoms. The summed E-state index contributed by atoms with van der Waals surface area (Å²) in [6.45, 7) is 1.44. The summed E-state index contributed by atoms with van der Waals surface area (Å²) >= 11 is 1.48. The largest absolute Gasteiger partial charge is 0.459 e. The maximum Gasteiger partial charge on any atom is 0.308 e. The zero-order valence-corrected chi connectivity index (χ0v) is 15.0. The predicted octanol–water partition coefficient (Wildman–Crippen LogP) is 3.71. The van der Waals surface area contributed by atoms with Gasteiger partial charge in [0.25, 0.3) is 0 Å². The molecule has 0 bridgehead atoms. The molecule has 2 heterocycles. The van der Waals surface area contributed by atoms with Crippen LogP contribution in [0.2, 0.25) is 0 Å². The van der Waals surface area contributed by atoms with Crippen molar-refractivity contribution in [1.82, 2.24) is 10.5 Å². The average Bonchev–Trinajstić information content (AvgIpc) is 3.32. The van der Waals surface area contributed by atoms with Gasteiger partial charge in [-0.3, -0.25) is 9.59 Å². The second kappa shape index (κ2) is 8.44. The molecule has 6 nitrogen and oxygen atoms in total. The van der Waals surface area contributed by atoms with Crippen LogP contribution in [0.15, 0.2) is 58.4 Å². The molecular formula is C19H18N2O4S. The summed E-state index contributed by atoms with van der Waals surface area (Å²) in [7, 11) is 0. The zero-order valence-electron chi connectivity index (χ0n) is 14.2. The number of carbonyl (C=O) groups is 2. The first-order valence-electron chi connectivity index (χ1n) is 8.09. The van der Waals surface area contributed by atoms with E-state index >= 15 is 0 Å². The Bertz CT molecular complexity index is 859. The number of benzene rings is 1. The highest BCUT2D eigenvalue weighted by Crippen LogP contribution is 2.23. The lowest BCUT2D eigenvalue weighted by Crippen LogP contribution is -2.28. The molecule has 7 heteroatoms. The highest BCUT2D eigenvalue weighted by atomic mass is 32.1. The zero-order chi connectivity index (χ0) is 18.4. The van der Waals surface area contributed by atoms with Crippen LogP contribution >= 0.6 is 11.3 Å². The number of ether oxygens (including phenoxy) is 1. The fraction of sp³-hybridized carbons (Fsp3) is 0.211. The maximum atomic E-state index is 12.2. The van der Waals surface area contributed by atoms with Crippen LogP contribution in [-0.4, -0.2) is 17.0 Å². The first-order chi connectivity index (χ1) is 12.6. The summed E-state index contributed by atoms with van der Waals surface area (Å²) < 4.78 is 10.6. The number of nitrogens with zero attached hydrogens (tertiary/aromatic N) is 1. The van der Waals surface area contributed by atoms with Crippen LogP contribution in [0, 0.1) is 0 Å². The molecule has 1 amide bonds. The van der Waals surface area contributed by atoms with Crippen molar-refractivity contribution in [3.63, 3.8) is 0 Å². The Labute approximate surface area is 154 Å². The van der Waals surface area contributed by atoms with E-state index in [1.807, 2.05) is 47.8 Å². The van der Waals surface area contributed by atoms with E-state index in [1.54, 1.807) is 6.07 Å². The van der Waals surface area contributed by atoms with Crippen molar-refractivity contribution in [2.45, 2.75) is 26.0 Å². The van der Waals surface area contributed by atoms with E-state index in [1.165, 1.54) is 18.3 Å². The molecular weight excluding hydrogens is 352 g/mol. The molecule has 26 heavy (non-hydrogen) atoms. The Morgan fingerprint density at radius 1 is 1.23 bits per heavy atom. The number of rotatable bonds is 7. The van der Waals surface area contributed by atoms with Gasteiger partial charge in [-0.1, -0.05) is 41.6 Å². The molecule has 1 N–H and O–H groups in total. The summed E-state index contributed by atoms with van der Waals surface area (Å²) in [5.41, 5.74) is 1.44. The van der Waals surface area contributed by atoms with Crippen LogP contribution in [0.4, 0.5) is 0 Å². The number of nitrogens with one attached hydrogen (secondary N) is 1. The highest BCUT2D eigenvalue weighted by Gasteiger charge is 2.19. The van der Waals surface area contributed by atoms with E-state index in [-0.39, 0.29) is 18.9 Å². The number of thiophene rings is 1. The number of esters is 1. The summed E-state index contributed by atoms with van der Waals surface area (Å²) in [6, 6.07) is 14.7. The molecule has 1 unspecified atom stereocenters. The van der Waals surface area contributed by atoms with Gasteiger partial charge in [-0.25, -0.2) is 0 Å². The van der Waals surface area contributed by atoms with Gasteiger partial charge in [-0.05, 0) is 11.4 Å². The SMILES string of the molecule is CC(=O)NC(CC(=O)OCc1cc(-c2ccccc2)on1)c1cccs1. The fourth-order valence-electron chi connectivity index (χ4n) is 2.46. The van der Waals surface area contributed by atoms with E-state index in [0.29, 0.717) is 11.5 Å². The lowest BCUT2D eigenvalue weighted by atomic mass is 10.1. The standard InChI is InChI=1S/C19H18N2O4S/c1-13(22)20-16(18-8-5-9-26-18)11-19(23)24-12-15-10-17(25-21-15)14-6-3-2-4-7-14/h2-10,16H,11-12H2,1H3,(H,20,22). The number of hydrogen-bond acceptors (Lipinski definition) is 6. The van der Waals surface area contributed by atoms with E-state index in [4.69, 9.17) is 9.26 Å². The third-order valence-electron chi connectivity index (χ3n) is 3.63. The van der Waals surface area contributed by atoms with Gasteiger partial charge in [0.15, 0.2) is 5.76 Å². The molecule has 0 saturated heterocycles. The van der Waals surface area contributed by atoms with Gasteiger partial charge in [0.2, 0.25) is 5.91 Å². The Hall–Kier alpha value is -2.93. The van der Waals surface area contributed by atoms with Crippen molar-refractivity contribution in [1.29, 1.82) is 0 Å². The smallest absolute Gasteiger partial charge is 0.308 e. The lowest BCUT2D eigenvalue weighted by Gasteiger charge is -2.15. The van der Waals surface area contributed by atoms with Crippen LogP contribution in [0.5, 0.6) is 0 Å². The number of carbonyl (C=O) groups excluding carboxylic acids is 2. The number of hydrogen-bond donors (Lipinski definition) is 1. The molecule has 1 aromatic carbocycles. The van der Waals surface area contributed by atoms with Crippen LogP contribution in [0.1, 0.15) is 30.0 Å². The third-order valence-corrected chi connectivity index (χ3v) is 4.62. The predicted molar refractivity (Wildman–Crippen MR) is 97.2 cm³/mol. The molecule has 0 radical (unpaired) electrons. The summed E-state index contributed by atoms with van der Waals surface area (Å²) in [5.74, 6) is 0.00738. The molecule has 2 aromatic heterocycles. The average molecular weight is 370 g/mol. The summed E-state index contributed by atoms with van der Waals surface area (Å²) in [4.78, 5) is 24.4. The first-order valence-corrected chi connectivity index (χ1v) is 8.97. The summed E-state index contributed by atoms with van der Waals surface area (Å²) in [6.07, 6.45) is 0.0590. The molecule has 0 aliphatic heterocycles. The highest BCUT2D eigenvalue weighted by molar-refractivity contribution is 7.10. The monoisotopic (exact) mass is 370 g/mol. The quantitative estimate of drug-likeness (QED) is 0.641. The van der Waals surface area contributed by atoms with Gasteiger partial charge < -0.3 is 14.6 Å². The fourth-order valence-corrected chi connectivity index (χ4v) is 3.23. The Morgan fingerprint density at radius 3 is 2.73 bits per heavy atom. The normalized spacial score (nSPS) is 11.7. The van der Waals surface area contributed by atoms with Gasteiger partial charge in [-0.2, -0.15) is 0 Å². The maximum absolute atomic E-state index is 12.2. The van der Waals surface area contributed by atoms with Crippen LogP contribution in [0.3, 0.4) is 0 Å². The number of aromatic nitrogens is 1. The van der Waals surface area contributed by atoms with E-state index in [9.17, 15) is 9.59 Å². The third kappa shape index (κ3) is 4.80. The van der Waals surface area contributed by atoms with Gasteiger partial charge >= 0.3 is 5.97 Å². The van der Waals surface area contributed by atoms with Gasteiger partial charge in [0.05, 0.1) is 12.5 Å². The Balaban J connectivity index is 1.56. The molecule has 0 aliphatic carbocycles. The molecule has 0 fully saturated rings. The number of amides is 1. The van der Waals surface area contributed by atoms with Gasteiger partial charge in [-0.15, -0.1) is 11.3 Å². The Kier molecular flexibility index (Phi) is 5.80. The van der Waals surface area contributed by atoms with Crippen molar-refractivity contribution >= 4 is 23.2 Å². The minimum absolute atomic E-state index is 0.0202. The minimum atomic E-state index is -0.415. The van der Waals surface area contributed by atoms with Gasteiger partial charge in [0, 0.05) is 23.4 Å². The first kappa shape index (κ1) is 17.9. The molecule has 0 aliphatic rings. The van der Waals surface area contributed by atoms with Crippen molar-refractivity contribution in [3.8, 4) is 11.3 Å². The molecule has 3 rings (SSSR count).